The van der Waals surface area contributed by atoms with Gasteiger partial charge in [0.05, 0.1) is 0 Å². The molecule has 1 nitrogen and oxygen atoms in total. The van der Waals surface area contributed by atoms with Crippen LogP contribution in [0.5, 0.6) is 0 Å². The van der Waals surface area contributed by atoms with Crippen LogP contribution in [0.1, 0.15) is 0 Å². The molecule has 0 N–H and O–H groups in total. The summed E-state index contributed by atoms with van der Waals surface area (Å²) in [5.74, 6) is 0. The molecule has 0 saturated heterocycles. The topological polar surface area (TPSA) is 3.24 Å². The third-order valence-electron chi connectivity index (χ3n) is 9.80. The van der Waals surface area contributed by atoms with Crippen LogP contribution in [0.2, 0.25) is 0 Å². The Labute approximate surface area is 282 Å². The molecule has 48 heavy (non-hydrogen) atoms. The minimum Gasteiger partial charge on any atom is -0.310 e. The zero-order valence-corrected chi connectivity index (χ0v) is 26.9. The molecule has 0 aliphatic carbocycles. The summed E-state index contributed by atoms with van der Waals surface area (Å²) in [6, 6.07) is 64.5. The molecular weight excluding hydrogens is 599 g/mol. The molecule has 0 amide bonds. The zero-order valence-electron chi connectivity index (χ0n) is 26.1. The Morgan fingerprint density at radius 1 is 0.312 bits per heavy atom. The lowest BCUT2D eigenvalue weighted by Gasteiger charge is -2.26. The molecule has 0 fully saturated rings. The van der Waals surface area contributed by atoms with Crippen LogP contribution in [0.25, 0.3) is 74.4 Å². The highest BCUT2D eigenvalue weighted by molar-refractivity contribution is 7.26. The highest BCUT2D eigenvalue weighted by atomic mass is 32.1. The number of hydrogen-bond donors (Lipinski definition) is 0. The first kappa shape index (κ1) is 27.2. The lowest BCUT2D eigenvalue weighted by Crippen LogP contribution is -2.09. The number of anilines is 3. The van der Waals surface area contributed by atoms with Gasteiger partial charge in [0.2, 0.25) is 0 Å². The molecule has 0 unspecified atom stereocenters. The van der Waals surface area contributed by atoms with E-state index in [1.54, 1.807) is 0 Å². The standard InChI is InChI=1S/C46H29NS/c1-2-8-30(9-3-1)31-18-21-36(22-19-31)47(38-24-26-42-44(29-38)48-43-27-20-33-11-5-7-13-40(33)46(42)43)37-23-25-41-35(28-37)17-16-34-15-14-32-10-4-6-12-39(32)45(34)41/h1-29H. The van der Waals surface area contributed by atoms with Gasteiger partial charge in [0.25, 0.3) is 0 Å². The Morgan fingerprint density at radius 3 is 1.62 bits per heavy atom. The molecule has 1 aromatic heterocycles. The van der Waals surface area contributed by atoms with E-state index in [4.69, 9.17) is 0 Å². The maximum atomic E-state index is 2.41. The average Bonchev–Trinajstić information content (AvgIpc) is 3.54. The molecule has 0 aliphatic heterocycles. The van der Waals surface area contributed by atoms with Crippen molar-refractivity contribution in [2.24, 2.45) is 0 Å². The van der Waals surface area contributed by atoms with E-state index in [9.17, 15) is 0 Å². The van der Waals surface area contributed by atoms with Crippen molar-refractivity contribution in [1.82, 2.24) is 0 Å². The van der Waals surface area contributed by atoms with E-state index in [2.05, 4.69) is 181 Å². The van der Waals surface area contributed by atoms with Crippen molar-refractivity contribution >= 4 is 91.7 Å². The molecule has 10 aromatic rings. The molecule has 0 atom stereocenters. The van der Waals surface area contributed by atoms with Crippen LogP contribution in [0.3, 0.4) is 0 Å². The maximum absolute atomic E-state index is 2.41. The van der Waals surface area contributed by atoms with Crippen LogP contribution in [-0.2, 0) is 0 Å². The summed E-state index contributed by atoms with van der Waals surface area (Å²) in [7, 11) is 0. The van der Waals surface area contributed by atoms with E-state index in [1.807, 2.05) is 11.3 Å². The summed E-state index contributed by atoms with van der Waals surface area (Å²) in [5.41, 5.74) is 5.85. The molecule has 2 heteroatoms. The van der Waals surface area contributed by atoms with Crippen molar-refractivity contribution in [3.8, 4) is 11.1 Å². The fourth-order valence-corrected chi connectivity index (χ4v) is 8.67. The minimum absolute atomic E-state index is 1.13. The van der Waals surface area contributed by atoms with E-state index >= 15 is 0 Å². The Balaban J connectivity index is 1.17. The number of nitrogens with zero attached hydrogens (tertiary/aromatic N) is 1. The van der Waals surface area contributed by atoms with Crippen molar-refractivity contribution < 1.29 is 0 Å². The first-order valence-corrected chi connectivity index (χ1v) is 17.2. The van der Waals surface area contributed by atoms with Crippen LogP contribution in [0.15, 0.2) is 176 Å². The monoisotopic (exact) mass is 627 g/mol. The first-order chi connectivity index (χ1) is 23.8. The Kier molecular flexibility index (Phi) is 6.12. The van der Waals surface area contributed by atoms with Crippen molar-refractivity contribution in [2.75, 3.05) is 4.90 Å². The summed E-state index contributed by atoms with van der Waals surface area (Å²) in [6.07, 6.45) is 0. The predicted molar refractivity (Wildman–Crippen MR) is 209 cm³/mol. The third kappa shape index (κ3) is 4.31. The van der Waals surface area contributed by atoms with Gasteiger partial charge in [-0.3, -0.25) is 0 Å². The van der Waals surface area contributed by atoms with E-state index in [-0.39, 0.29) is 0 Å². The van der Waals surface area contributed by atoms with Gasteiger partial charge in [-0.15, -0.1) is 11.3 Å². The van der Waals surface area contributed by atoms with Crippen molar-refractivity contribution in [2.45, 2.75) is 0 Å². The first-order valence-electron chi connectivity index (χ1n) is 16.4. The summed E-state index contributed by atoms with van der Waals surface area (Å²) in [4.78, 5) is 2.41. The molecule has 9 aromatic carbocycles. The van der Waals surface area contributed by atoms with Crippen LogP contribution >= 0.6 is 11.3 Å². The van der Waals surface area contributed by atoms with E-state index in [0.717, 1.165) is 17.1 Å². The molecule has 1 heterocycles. The molecule has 0 aliphatic rings. The Hall–Kier alpha value is -5.96. The summed E-state index contributed by atoms with van der Waals surface area (Å²) in [5, 5.41) is 12.9. The van der Waals surface area contributed by atoms with E-state index in [1.165, 1.54) is 74.4 Å². The second-order valence-corrected chi connectivity index (χ2v) is 13.6. The zero-order chi connectivity index (χ0) is 31.6. The molecule has 0 spiro atoms. The number of benzene rings is 9. The van der Waals surface area contributed by atoms with Gasteiger partial charge in [-0.05, 0) is 96.7 Å². The molecule has 0 bridgehead atoms. The second-order valence-electron chi connectivity index (χ2n) is 12.5. The third-order valence-corrected chi connectivity index (χ3v) is 10.9. The van der Waals surface area contributed by atoms with Crippen molar-refractivity contribution in [3.05, 3.63) is 176 Å². The second kappa shape index (κ2) is 10.8. The van der Waals surface area contributed by atoms with Gasteiger partial charge < -0.3 is 4.90 Å². The molecule has 0 radical (unpaired) electrons. The van der Waals surface area contributed by atoms with Crippen molar-refractivity contribution in [3.63, 3.8) is 0 Å². The summed E-state index contributed by atoms with van der Waals surface area (Å²) >= 11 is 1.88. The quantitative estimate of drug-likeness (QED) is 0.176. The van der Waals surface area contributed by atoms with Gasteiger partial charge >= 0.3 is 0 Å². The van der Waals surface area contributed by atoms with Gasteiger partial charge in [0.15, 0.2) is 0 Å². The number of rotatable bonds is 4. The lowest BCUT2D eigenvalue weighted by atomic mass is 9.96. The molecular formula is C46H29NS. The van der Waals surface area contributed by atoms with Crippen LogP contribution < -0.4 is 4.90 Å². The molecule has 224 valence electrons. The van der Waals surface area contributed by atoms with Gasteiger partial charge in [-0.2, -0.15) is 0 Å². The maximum Gasteiger partial charge on any atom is 0.0476 e. The molecule has 0 saturated carbocycles. The normalized spacial score (nSPS) is 11.8. The number of thiophene rings is 1. The highest BCUT2D eigenvalue weighted by Crippen LogP contribution is 2.44. The summed E-state index contributed by atoms with van der Waals surface area (Å²) < 4.78 is 2.62. The lowest BCUT2D eigenvalue weighted by molar-refractivity contribution is 1.30. The van der Waals surface area contributed by atoms with Gasteiger partial charge in [-0.25, -0.2) is 0 Å². The highest BCUT2D eigenvalue weighted by Gasteiger charge is 2.17. The SMILES string of the molecule is c1ccc(-c2ccc(N(c3ccc4c(ccc5ccc6ccccc6c54)c3)c3ccc4c(c3)sc3ccc5ccccc5c34)cc2)cc1. The van der Waals surface area contributed by atoms with Crippen LogP contribution in [0, 0.1) is 0 Å². The fraction of sp³-hybridized carbons (Fsp3) is 0. The number of hydrogen-bond acceptors (Lipinski definition) is 2. The molecule has 10 rings (SSSR count). The smallest absolute Gasteiger partial charge is 0.0476 e. The van der Waals surface area contributed by atoms with E-state index < -0.39 is 0 Å². The van der Waals surface area contributed by atoms with Crippen LogP contribution in [-0.4, -0.2) is 0 Å². The largest absolute Gasteiger partial charge is 0.310 e. The Morgan fingerprint density at radius 2 is 0.854 bits per heavy atom. The summed E-state index contributed by atoms with van der Waals surface area (Å²) in [6.45, 7) is 0. The van der Waals surface area contributed by atoms with E-state index in [0.29, 0.717) is 0 Å². The van der Waals surface area contributed by atoms with Crippen molar-refractivity contribution in [1.29, 1.82) is 0 Å². The number of fused-ring (bicyclic) bond motifs is 10. The van der Waals surface area contributed by atoms with Gasteiger partial charge in [0.1, 0.15) is 0 Å². The minimum atomic E-state index is 1.13. The Bertz CT molecular complexity index is 2830. The van der Waals surface area contributed by atoms with Gasteiger partial charge in [0, 0.05) is 37.2 Å². The fourth-order valence-electron chi connectivity index (χ4n) is 7.52. The van der Waals surface area contributed by atoms with Crippen LogP contribution in [0.4, 0.5) is 17.1 Å². The predicted octanol–water partition coefficient (Wildman–Crippen LogP) is 13.8. The average molecular weight is 628 g/mol. The van der Waals surface area contributed by atoms with Gasteiger partial charge in [-0.1, -0.05) is 133 Å².